The number of ether oxygens (including phenoxy) is 2. The van der Waals surface area contributed by atoms with E-state index in [1.165, 1.54) is 17.9 Å². The van der Waals surface area contributed by atoms with Gasteiger partial charge in [0, 0.05) is 18.3 Å². The van der Waals surface area contributed by atoms with E-state index in [9.17, 15) is 23.2 Å². The average Bonchev–Trinajstić information content (AvgIpc) is 3.09. The van der Waals surface area contributed by atoms with Crippen molar-refractivity contribution in [2.45, 2.75) is 32.3 Å². The van der Waals surface area contributed by atoms with Crippen LogP contribution in [0, 0.1) is 11.6 Å². The third kappa shape index (κ3) is 3.22. The average molecular weight is 419 g/mol. The molecule has 4 rings (SSSR count). The molecule has 158 valence electrons. The largest absolute Gasteiger partial charge is 0.491 e. The lowest BCUT2D eigenvalue weighted by molar-refractivity contribution is 0.00621. The van der Waals surface area contributed by atoms with E-state index in [-0.39, 0.29) is 41.7 Å². The minimum atomic E-state index is -0.798. The molecular weight excluding hydrogens is 400 g/mol. The summed E-state index contributed by atoms with van der Waals surface area (Å²) in [4.78, 5) is 39.9. The molecule has 30 heavy (non-hydrogen) atoms. The van der Waals surface area contributed by atoms with Crippen LogP contribution in [0.15, 0.2) is 29.2 Å². The Hall–Kier alpha value is -3.27. The normalized spacial score (nSPS) is 20.0. The molecule has 2 atom stereocenters. The fourth-order valence-corrected chi connectivity index (χ4v) is 3.76. The van der Waals surface area contributed by atoms with Crippen molar-refractivity contribution in [1.82, 2.24) is 14.8 Å². The van der Waals surface area contributed by atoms with Gasteiger partial charge >= 0.3 is 0 Å². The summed E-state index contributed by atoms with van der Waals surface area (Å²) in [6, 6.07) is 2.73. The predicted molar refractivity (Wildman–Crippen MR) is 100 cm³/mol. The highest BCUT2D eigenvalue weighted by Crippen LogP contribution is 2.29. The summed E-state index contributed by atoms with van der Waals surface area (Å²) in [7, 11) is 1.24. The van der Waals surface area contributed by atoms with Gasteiger partial charge in [-0.25, -0.2) is 8.78 Å². The van der Waals surface area contributed by atoms with Crippen molar-refractivity contribution >= 4 is 11.8 Å². The van der Waals surface area contributed by atoms with Crippen molar-refractivity contribution in [2.24, 2.45) is 0 Å². The van der Waals surface area contributed by atoms with Crippen molar-refractivity contribution in [3.05, 3.63) is 63.1 Å². The second-order valence-corrected chi connectivity index (χ2v) is 7.17. The third-order valence-electron chi connectivity index (χ3n) is 5.24. The van der Waals surface area contributed by atoms with Gasteiger partial charge < -0.3 is 24.3 Å². The number of methoxy groups -OCH3 is 1. The van der Waals surface area contributed by atoms with Crippen molar-refractivity contribution in [3.8, 4) is 5.75 Å². The summed E-state index contributed by atoms with van der Waals surface area (Å²) < 4.78 is 39.4. The van der Waals surface area contributed by atoms with Gasteiger partial charge in [-0.05, 0) is 25.1 Å². The van der Waals surface area contributed by atoms with Crippen LogP contribution in [-0.4, -0.2) is 47.3 Å². The highest BCUT2D eigenvalue weighted by Gasteiger charge is 2.43. The van der Waals surface area contributed by atoms with E-state index < -0.39 is 35.1 Å². The summed E-state index contributed by atoms with van der Waals surface area (Å²) in [5.74, 6) is -2.80. The molecule has 0 bridgehead atoms. The number of aromatic nitrogens is 1. The van der Waals surface area contributed by atoms with Gasteiger partial charge in [-0.1, -0.05) is 0 Å². The SMILES string of the molecule is COc1c2n(cc(C(=O)NCc3cc(F)ccc3F)c1=O)C[C@H]1OC[C@H](C)N1C2=O. The Kier molecular flexibility index (Phi) is 5.02. The van der Waals surface area contributed by atoms with Crippen LogP contribution in [0.5, 0.6) is 5.75 Å². The van der Waals surface area contributed by atoms with Crippen LogP contribution < -0.4 is 15.5 Å². The molecule has 2 amide bonds. The quantitative estimate of drug-likeness (QED) is 0.806. The summed E-state index contributed by atoms with van der Waals surface area (Å²) in [6.07, 6.45) is 0.753. The van der Waals surface area contributed by atoms with Gasteiger partial charge in [-0.2, -0.15) is 0 Å². The molecule has 2 aliphatic heterocycles. The molecule has 2 aliphatic rings. The Bertz CT molecular complexity index is 1100. The molecule has 0 radical (unpaired) electrons. The molecule has 0 spiro atoms. The molecule has 1 aromatic carbocycles. The Morgan fingerprint density at radius 3 is 2.83 bits per heavy atom. The smallest absolute Gasteiger partial charge is 0.276 e. The van der Waals surface area contributed by atoms with E-state index in [1.807, 2.05) is 6.92 Å². The molecular formula is C20H19F2N3O5. The number of fused-ring (bicyclic) bond motifs is 2. The van der Waals surface area contributed by atoms with Gasteiger partial charge in [-0.3, -0.25) is 14.4 Å². The predicted octanol–water partition coefficient (Wildman–Crippen LogP) is 1.27. The van der Waals surface area contributed by atoms with Gasteiger partial charge in [0.2, 0.25) is 5.43 Å². The molecule has 8 nitrogen and oxygen atoms in total. The lowest BCUT2D eigenvalue weighted by Crippen LogP contribution is -2.49. The Morgan fingerprint density at radius 2 is 2.10 bits per heavy atom. The molecule has 0 aliphatic carbocycles. The number of carbonyl (C=O) groups excluding carboxylic acids is 2. The third-order valence-corrected chi connectivity index (χ3v) is 5.24. The zero-order chi connectivity index (χ0) is 21.6. The van der Waals surface area contributed by atoms with Crippen molar-refractivity contribution < 1.29 is 27.8 Å². The molecule has 0 unspecified atom stereocenters. The van der Waals surface area contributed by atoms with Crippen molar-refractivity contribution in [1.29, 1.82) is 0 Å². The molecule has 2 aromatic rings. The monoisotopic (exact) mass is 419 g/mol. The Balaban J connectivity index is 1.67. The highest BCUT2D eigenvalue weighted by atomic mass is 19.1. The van der Waals surface area contributed by atoms with Crippen LogP contribution in [0.2, 0.25) is 0 Å². The van der Waals surface area contributed by atoms with E-state index in [0.29, 0.717) is 6.61 Å². The maximum absolute atomic E-state index is 13.8. The molecule has 1 N–H and O–H groups in total. The maximum Gasteiger partial charge on any atom is 0.276 e. The van der Waals surface area contributed by atoms with Gasteiger partial charge in [0.05, 0.1) is 26.3 Å². The fourth-order valence-electron chi connectivity index (χ4n) is 3.76. The molecule has 1 fully saturated rings. The number of benzene rings is 1. The van der Waals surface area contributed by atoms with Crippen molar-refractivity contribution in [3.63, 3.8) is 0 Å². The molecule has 0 saturated carbocycles. The second kappa shape index (κ2) is 7.52. The Labute approximate surface area is 170 Å². The van der Waals surface area contributed by atoms with E-state index in [4.69, 9.17) is 9.47 Å². The minimum absolute atomic E-state index is 0.0452. The van der Waals surface area contributed by atoms with E-state index in [0.717, 1.165) is 18.2 Å². The second-order valence-electron chi connectivity index (χ2n) is 7.17. The number of nitrogens with zero attached hydrogens (tertiary/aromatic N) is 2. The van der Waals surface area contributed by atoms with Gasteiger partial charge in [0.1, 0.15) is 17.2 Å². The van der Waals surface area contributed by atoms with Crippen LogP contribution in [-0.2, 0) is 17.8 Å². The number of amides is 2. The number of hydrogen-bond donors (Lipinski definition) is 1. The topological polar surface area (TPSA) is 89.9 Å². The summed E-state index contributed by atoms with van der Waals surface area (Å²) in [5, 5.41) is 2.41. The number of pyridine rings is 1. The number of halogens is 2. The number of hydrogen-bond acceptors (Lipinski definition) is 5. The summed E-state index contributed by atoms with van der Waals surface area (Å²) >= 11 is 0. The number of rotatable bonds is 4. The molecule has 10 heteroatoms. The lowest BCUT2D eigenvalue weighted by Gasteiger charge is -2.34. The van der Waals surface area contributed by atoms with Crippen LogP contribution >= 0.6 is 0 Å². The van der Waals surface area contributed by atoms with Crippen LogP contribution in [0.4, 0.5) is 8.78 Å². The van der Waals surface area contributed by atoms with Gasteiger partial charge in [0.15, 0.2) is 17.7 Å². The number of nitrogens with one attached hydrogen (secondary N) is 1. The van der Waals surface area contributed by atoms with E-state index >= 15 is 0 Å². The fraction of sp³-hybridized carbons (Fsp3) is 0.350. The first kappa shape index (κ1) is 20.0. The Morgan fingerprint density at radius 1 is 1.33 bits per heavy atom. The van der Waals surface area contributed by atoms with E-state index in [2.05, 4.69) is 5.32 Å². The summed E-state index contributed by atoms with van der Waals surface area (Å²) in [6.45, 7) is 2.11. The lowest BCUT2D eigenvalue weighted by atomic mass is 10.1. The zero-order valence-corrected chi connectivity index (χ0v) is 16.3. The van der Waals surface area contributed by atoms with Crippen LogP contribution in [0.1, 0.15) is 33.3 Å². The standard InChI is InChI=1S/C20H19F2N3O5/c1-10-9-30-15-8-24-7-13(17(26)18(29-2)16(24)20(28)25(10)15)19(27)23-6-11-5-12(21)3-4-14(11)22/h3-5,7,10,15H,6,8-9H2,1-2H3,(H,23,27)/t10-,15+/m0/s1. The zero-order valence-electron chi connectivity index (χ0n) is 16.3. The number of carbonyl (C=O) groups is 2. The minimum Gasteiger partial charge on any atom is -0.491 e. The first-order chi connectivity index (χ1) is 14.3. The summed E-state index contributed by atoms with van der Waals surface area (Å²) in [5.41, 5.74) is -1.06. The van der Waals surface area contributed by atoms with Crippen LogP contribution in [0.25, 0.3) is 0 Å². The maximum atomic E-state index is 13.8. The highest BCUT2D eigenvalue weighted by molar-refractivity contribution is 5.99. The van der Waals surface area contributed by atoms with Crippen molar-refractivity contribution in [2.75, 3.05) is 13.7 Å². The van der Waals surface area contributed by atoms with Gasteiger partial charge in [-0.15, -0.1) is 0 Å². The molecule has 3 heterocycles. The van der Waals surface area contributed by atoms with E-state index in [1.54, 1.807) is 4.90 Å². The molecule has 1 aromatic heterocycles. The van der Waals surface area contributed by atoms with Gasteiger partial charge in [0.25, 0.3) is 11.8 Å². The molecule has 1 saturated heterocycles. The first-order valence-corrected chi connectivity index (χ1v) is 9.29. The van der Waals surface area contributed by atoms with Crippen LogP contribution in [0.3, 0.4) is 0 Å². The first-order valence-electron chi connectivity index (χ1n) is 9.29.